The Hall–Kier alpha value is -3.47. The molecule has 5 heteroatoms. The first-order valence-electron chi connectivity index (χ1n) is 12.2. The summed E-state index contributed by atoms with van der Waals surface area (Å²) in [5, 5.41) is 3.11. The molecule has 2 atom stereocenters. The lowest BCUT2D eigenvalue weighted by atomic mass is 9.83. The van der Waals surface area contributed by atoms with Gasteiger partial charge in [0, 0.05) is 17.8 Å². The third-order valence-corrected chi connectivity index (χ3v) is 6.80. The zero-order valence-corrected chi connectivity index (χ0v) is 20.8. The topological polar surface area (TPSA) is 49.4 Å². The van der Waals surface area contributed by atoms with Crippen LogP contribution in [0.25, 0.3) is 0 Å². The molecule has 1 N–H and O–H groups in total. The van der Waals surface area contributed by atoms with Crippen LogP contribution in [0.3, 0.4) is 0 Å². The molecule has 0 saturated carbocycles. The lowest BCUT2D eigenvalue weighted by Crippen LogP contribution is -2.46. The van der Waals surface area contributed by atoms with E-state index in [2.05, 4.69) is 32.2 Å². The Bertz CT molecular complexity index is 1220. The molecule has 35 heavy (non-hydrogen) atoms. The Labute approximate surface area is 207 Å². The van der Waals surface area contributed by atoms with Crippen LogP contribution in [0.4, 0.5) is 10.1 Å². The molecule has 2 amide bonds. The van der Waals surface area contributed by atoms with Gasteiger partial charge in [-0.2, -0.15) is 0 Å². The van der Waals surface area contributed by atoms with Gasteiger partial charge in [-0.1, -0.05) is 69.3 Å². The molecule has 0 bridgehead atoms. The highest BCUT2D eigenvalue weighted by Gasteiger charge is 2.40. The average Bonchev–Trinajstić information content (AvgIpc) is 2.84. The third kappa shape index (κ3) is 5.45. The number of hydrogen-bond acceptors (Lipinski definition) is 2. The highest BCUT2D eigenvalue weighted by molar-refractivity contribution is 5.98. The second-order valence-corrected chi connectivity index (χ2v) is 10.4. The molecule has 3 aromatic rings. The molecule has 4 rings (SSSR count). The minimum atomic E-state index is -0.444. The van der Waals surface area contributed by atoms with Crippen molar-refractivity contribution >= 4 is 17.5 Å². The van der Waals surface area contributed by atoms with Crippen LogP contribution in [0, 0.1) is 18.7 Å². The molecule has 0 radical (unpaired) electrons. The second-order valence-electron chi connectivity index (χ2n) is 10.4. The third-order valence-electron chi connectivity index (χ3n) is 6.80. The molecule has 1 unspecified atom stereocenters. The molecule has 0 aromatic heterocycles. The average molecular weight is 473 g/mol. The van der Waals surface area contributed by atoms with Crippen molar-refractivity contribution in [3.8, 4) is 0 Å². The summed E-state index contributed by atoms with van der Waals surface area (Å²) >= 11 is 0. The van der Waals surface area contributed by atoms with E-state index in [0.29, 0.717) is 30.5 Å². The summed E-state index contributed by atoms with van der Waals surface area (Å²) in [6.45, 7) is 8.73. The van der Waals surface area contributed by atoms with E-state index in [9.17, 15) is 14.0 Å². The normalized spacial score (nSPS) is 18.3. The molecule has 1 fully saturated rings. The van der Waals surface area contributed by atoms with Gasteiger partial charge in [0.1, 0.15) is 5.82 Å². The van der Waals surface area contributed by atoms with E-state index >= 15 is 0 Å². The number of halogens is 1. The zero-order chi connectivity index (χ0) is 25.2. The number of benzene rings is 3. The fraction of sp³-hybridized carbons (Fsp3) is 0.333. The number of aryl methyl sites for hydroxylation is 1. The summed E-state index contributed by atoms with van der Waals surface area (Å²) in [7, 11) is 0. The Morgan fingerprint density at radius 3 is 2.43 bits per heavy atom. The molecule has 182 valence electrons. The standard InChI is InChI=1S/C30H33FN2O2/c1-20-15-16-23(31)19-26(20)29(35)33-17-9-14-25(27(33)21-10-6-5-7-11-21)28(34)32-24-13-8-12-22(18-24)30(2,3)4/h5-8,10-13,15-16,18-19,25,27H,9,14,17H2,1-4H3,(H,32,34)/t25?,27-/m0/s1. The van der Waals surface area contributed by atoms with Gasteiger partial charge in [0.05, 0.1) is 12.0 Å². The molecule has 0 aliphatic carbocycles. The maximum absolute atomic E-state index is 14.0. The molecule has 1 saturated heterocycles. The molecular formula is C30H33FN2O2. The smallest absolute Gasteiger partial charge is 0.254 e. The van der Waals surface area contributed by atoms with Crippen molar-refractivity contribution < 1.29 is 14.0 Å². The van der Waals surface area contributed by atoms with E-state index in [4.69, 9.17) is 0 Å². The van der Waals surface area contributed by atoms with E-state index in [1.807, 2.05) is 48.5 Å². The van der Waals surface area contributed by atoms with Crippen LogP contribution in [0.15, 0.2) is 72.8 Å². The quantitative estimate of drug-likeness (QED) is 0.461. The van der Waals surface area contributed by atoms with Crippen molar-refractivity contribution in [1.82, 2.24) is 4.90 Å². The fourth-order valence-electron chi connectivity index (χ4n) is 4.84. The Morgan fingerprint density at radius 1 is 0.971 bits per heavy atom. The zero-order valence-electron chi connectivity index (χ0n) is 20.8. The van der Waals surface area contributed by atoms with E-state index in [1.165, 1.54) is 12.1 Å². The minimum absolute atomic E-state index is 0.0375. The van der Waals surface area contributed by atoms with Gasteiger partial charge in [-0.25, -0.2) is 4.39 Å². The van der Waals surface area contributed by atoms with E-state index in [0.717, 1.165) is 16.8 Å². The monoisotopic (exact) mass is 472 g/mol. The SMILES string of the molecule is Cc1ccc(F)cc1C(=O)N1CCCC(C(=O)Nc2cccc(C(C)(C)C)c2)[C@@H]1c1ccccc1. The molecule has 0 spiro atoms. The van der Waals surface area contributed by atoms with Crippen LogP contribution in [0.5, 0.6) is 0 Å². The van der Waals surface area contributed by atoms with Gasteiger partial charge in [-0.3, -0.25) is 9.59 Å². The first kappa shape index (κ1) is 24.6. The Morgan fingerprint density at radius 2 is 1.71 bits per heavy atom. The number of likely N-dealkylation sites (tertiary alicyclic amines) is 1. The van der Waals surface area contributed by atoms with Crippen molar-refractivity contribution in [3.05, 3.63) is 101 Å². The number of hydrogen-bond donors (Lipinski definition) is 1. The van der Waals surface area contributed by atoms with Crippen LogP contribution < -0.4 is 5.32 Å². The highest BCUT2D eigenvalue weighted by atomic mass is 19.1. The summed E-state index contributed by atoms with van der Waals surface area (Å²) in [5.74, 6) is -1.23. The van der Waals surface area contributed by atoms with Crippen molar-refractivity contribution in [2.24, 2.45) is 5.92 Å². The van der Waals surface area contributed by atoms with Crippen LogP contribution in [0.1, 0.15) is 66.7 Å². The van der Waals surface area contributed by atoms with E-state index in [-0.39, 0.29) is 17.2 Å². The number of nitrogens with zero attached hydrogens (tertiary/aromatic N) is 1. The number of nitrogens with one attached hydrogen (secondary N) is 1. The van der Waals surface area contributed by atoms with E-state index < -0.39 is 17.8 Å². The number of piperidine rings is 1. The molecule has 1 heterocycles. The van der Waals surface area contributed by atoms with Crippen LogP contribution in [-0.4, -0.2) is 23.3 Å². The van der Waals surface area contributed by atoms with Gasteiger partial charge >= 0.3 is 0 Å². The van der Waals surface area contributed by atoms with Crippen molar-refractivity contribution in [2.75, 3.05) is 11.9 Å². The number of carbonyl (C=O) groups excluding carboxylic acids is 2. The number of rotatable bonds is 4. The molecular weight excluding hydrogens is 439 g/mol. The molecule has 3 aromatic carbocycles. The first-order chi connectivity index (χ1) is 16.6. The van der Waals surface area contributed by atoms with Crippen molar-refractivity contribution in [2.45, 2.75) is 52.0 Å². The molecule has 4 nitrogen and oxygen atoms in total. The van der Waals surface area contributed by atoms with Gasteiger partial charge in [0.25, 0.3) is 5.91 Å². The summed E-state index contributed by atoms with van der Waals surface area (Å²) in [6.07, 6.45) is 1.36. The summed E-state index contributed by atoms with van der Waals surface area (Å²) in [4.78, 5) is 29.0. The number of anilines is 1. The predicted octanol–water partition coefficient (Wildman–Crippen LogP) is 6.66. The maximum atomic E-state index is 14.0. The number of carbonyl (C=O) groups is 2. The second kappa shape index (κ2) is 10.0. The first-order valence-corrected chi connectivity index (χ1v) is 12.2. The summed E-state index contributed by atoms with van der Waals surface area (Å²) in [5.41, 5.74) is 3.80. The van der Waals surface area contributed by atoms with Gasteiger partial charge in [-0.05, 0) is 66.1 Å². The van der Waals surface area contributed by atoms with Crippen LogP contribution >= 0.6 is 0 Å². The molecule has 1 aliphatic heterocycles. The maximum Gasteiger partial charge on any atom is 0.254 e. The van der Waals surface area contributed by atoms with E-state index in [1.54, 1.807) is 17.9 Å². The lowest BCUT2D eigenvalue weighted by molar-refractivity contribution is -0.123. The van der Waals surface area contributed by atoms with Gasteiger partial charge in [-0.15, -0.1) is 0 Å². The molecule has 1 aliphatic rings. The Balaban J connectivity index is 1.68. The van der Waals surface area contributed by atoms with Crippen LogP contribution in [-0.2, 0) is 10.2 Å². The Kier molecular flexibility index (Phi) is 7.06. The highest BCUT2D eigenvalue weighted by Crippen LogP contribution is 2.38. The summed E-state index contributed by atoms with van der Waals surface area (Å²) in [6, 6.07) is 21.4. The minimum Gasteiger partial charge on any atom is -0.331 e. The largest absolute Gasteiger partial charge is 0.331 e. The van der Waals surface area contributed by atoms with Gasteiger partial charge < -0.3 is 10.2 Å². The van der Waals surface area contributed by atoms with Crippen molar-refractivity contribution in [1.29, 1.82) is 0 Å². The summed E-state index contributed by atoms with van der Waals surface area (Å²) < 4.78 is 14.0. The number of amides is 2. The predicted molar refractivity (Wildman–Crippen MR) is 138 cm³/mol. The van der Waals surface area contributed by atoms with Gasteiger partial charge in [0.15, 0.2) is 0 Å². The van der Waals surface area contributed by atoms with Crippen molar-refractivity contribution in [3.63, 3.8) is 0 Å². The van der Waals surface area contributed by atoms with Crippen LogP contribution in [0.2, 0.25) is 0 Å². The fourth-order valence-corrected chi connectivity index (χ4v) is 4.84. The lowest BCUT2D eigenvalue weighted by Gasteiger charge is -2.41. The van der Waals surface area contributed by atoms with Gasteiger partial charge in [0.2, 0.25) is 5.91 Å².